The molecule has 1 atom stereocenters. The van der Waals surface area contributed by atoms with E-state index in [2.05, 4.69) is 4.74 Å². The fourth-order valence-electron chi connectivity index (χ4n) is 1.52. The standard InChI is InChI=1S/C13H27NO5/c1-12(13(15)17-4)11-14(2)5-6-18-9-10-19-8-7-16-3/h12H,5-11H2,1-4H3. The molecule has 114 valence electrons. The predicted octanol–water partition coefficient (Wildman–Crippen LogP) is 0.407. The first-order valence-electron chi connectivity index (χ1n) is 6.52. The predicted molar refractivity (Wildman–Crippen MR) is 72.2 cm³/mol. The molecule has 1 unspecified atom stereocenters. The number of esters is 1. The summed E-state index contributed by atoms with van der Waals surface area (Å²) in [7, 11) is 5.01. The normalized spacial score (nSPS) is 12.7. The molecule has 0 N–H and O–H groups in total. The Kier molecular flexibility index (Phi) is 11.9. The first-order chi connectivity index (χ1) is 9.11. The highest BCUT2D eigenvalue weighted by Gasteiger charge is 2.14. The van der Waals surface area contributed by atoms with Gasteiger partial charge in [-0.1, -0.05) is 6.92 Å². The fraction of sp³-hybridized carbons (Fsp3) is 0.923. The number of likely N-dealkylation sites (N-methyl/N-ethyl adjacent to an activating group) is 1. The number of hydrogen-bond donors (Lipinski definition) is 0. The van der Waals surface area contributed by atoms with Gasteiger partial charge in [-0.3, -0.25) is 4.79 Å². The molecule has 0 saturated heterocycles. The number of ether oxygens (including phenoxy) is 4. The van der Waals surface area contributed by atoms with Gasteiger partial charge < -0.3 is 23.8 Å². The largest absolute Gasteiger partial charge is 0.469 e. The fourth-order valence-corrected chi connectivity index (χ4v) is 1.52. The van der Waals surface area contributed by atoms with E-state index in [9.17, 15) is 4.79 Å². The van der Waals surface area contributed by atoms with E-state index in [0.29, 0.717) is 39.6 Å². The summed E-state index contributed by atoms with van der Waals surface area (Å²) in [5.41, 5.74) is 0. The van der Waals surface area contributed by atoms with Crippen molar-refractivity contribution in [3.63, 3.8) is 0 Å². The monoisotopic (exact) mass is 277 g/mol. The molecule has 0 rings (SSSR count). The lowest BCUT2D eigenvalue weighted by Gasteiger charge is -2.19. The summed E-state index contributed by atoms with van der Waals surface area (Å²) in [6.07, 6.45) is 0. The van der Waals surface area contributed by atoms with Crippen molar-refractivity contribution >= 4 is 5.97 Å². The maximum atomic E-state index is 11.2. The lowest BCUT2D eigenvalue weighted by Crippen LogP contribution is -2.32. The van der Waals surface area contributed by atoms with Crippen LogP contribution in [0.15, 0.2) is 0 Å². The minimum atomic E-state index is -0.181. The van der Waals surface area contributed by atoms with Gasteiger partial charge in [-0.25, -0.2) is 0 Å². The van der Waals surface area contributed by atoms with E-state index < -0.39 is 0 Å². The summed E-state index contributed by atoms with van der Waals surface area (Å²) in [4.78, 5) is 13.3. The lowest BCUT2D eigenvalue weighted by molar-refractivity contribution is -0.145. The molecule has 0 fully saturated rings. The molecule has 6 heteroatoms. The zero-order valence-corrected chi connectivity index (χ0v) is 12.5. The third-order valence-corrected chi connectivity index (χ3v) is 2.61. The number of hydrogen-bond acceptors (Lipinski definition) is 6. The van der Waals surface area contributed by atoms with E-state index >= 15 is 0 Å². The van der Waals surface area contributed by atoms with Gasteiger partial charge in [0.2, 0.25) is 0 Å². The van der Waals surface area contributed by atoms with Crippen LogP contribution >= 0.6 is 0 Å². The molecule has 6 nitrogen and oxygen atoms in total. The van der Waals surface area contributed by atoms with Crippen molar-refractivity contribution in [2.24, 2.45) is 5.92 Å². The van der Waals surface area contributed by atoms with Crippen LogP contribution < -0.4 is 0 Å². The average Bonchev–Trinajstić information content (AvgIpc) is 2.40. The second-order valence-corrected chi connectivity index (χ2v) is 4.40. The van der Waals surface area contributed by atoms with Gasteiger partial charge in [0.25, 0.3) is 0 Å². The summed E-state index contributed by atoms with van der Waals surface area (Å²) in [6, 6.07) is 0. The topological polar surface area (TPSA) is 57.2 Å². The van der Waals surface area contributed by atoms with E-state index in [1.54, 1.807) is 7.11 Å². The maximum Gasteiger partial charge on any atom is 0.309 e. The lowest BCUT2D eigenvalue weighted by atomic mass is 10.2. The average molecular weight is 277 g/mol. The van der Waals surface area contributed by atoms with E-state index in [1.807, 2.05) is 18.9 Å². The van der Waals surface area contributed by atoms with Gasteiger partial charge >= 0.3 is 5.97 Å². The third-order valence-electron chi connectivity index (χ3n) is 2.61. The Balaban J connectivity index is 3.38. The minimum Gasteiger partial charge on any atom is -0.469 e. The summed E-state index contributed by atoms with van der Waals surface area (Å²) in [6.45, 7) is 6.27. The smallest absolute Gasteiger partial charge is 0.309 e. The molecule has 0 aromatic heterocycles. The van der Waals surface area contributed by atoms with E-state index in [1.165, 1.54) is 7.11 Å². The molecule has 0 spiro atoms. The Morgan fingerprint density at radius 3 is 2.21 bits per heavy atom. The van der Waals surface area contributed by atoms with Crippen molar-refractivity contribution in [1.82, 2.24) is 4.90 Å². The van der Waals surface area contributed by atoms with Crippen LogP contribution in [0.3, 0.4) is 0 Å². The van der Waals surface area contributed by atoms with Gasteiger partial charge in [-0.2, -0.15) is 0 Å². The van der Waals surface area contributed by atoms with Crippen LogP contribution in [-0.2, 0) is 23.7 Å². The molecule has 19 heavy (non-hydrogen) atoms. The number of nitrogens with zero attached hydrogens (tertiary/aromatic N) is 1. The zero-order chi connectivity index (χ0) is 14.5. The van der Waals surface area contributed by atoms with Crippen LogP contribution in [0.5, 0.6) is 0 Å². The van der Waals surface area contributed by atoms with E-state index in [0.717, 1.165) is 6.54 Å². The number of carbonyl (C=O) groups excluding carboxylic acids is 1. The SMILES string of the molecule is COCCOCCOCCN(C)CC(C)C(=O)OC. The van der Waals surface area contributed by atoms with Crippen LogP contribution in [0.4, 0.5) is 0 Å². The molecule has 0 saturated carbocycles. The molecule has 0 aliphatic heterocycles. The van der Waals surface area contributed by atoms with Crippen LogP contribution in [0.1, 0.15) is 6.92 Å². The Bertz CT molecular complexity index is 225. The maximum absolute atomic E-state index is 11.2. The Morgan fingerprint density at radius 1 is 1.05 bits per heavy atom. The van der Waals surface area contributed by atoms with Crippen LogP contribution in [-0.4, -0.2) is 78.3 Å². The van der Waals surface area contributed by atoms with E-state index in [-0.39, 0.29) is 11.9 Å². The second-order valence-electron chi connectivity index (χ2n) is 4.40. The molecule has 0 aliphatic rings. The van der Waals surface area contributed by atoms with Crippen molar-refractivity contribution < 1.29 is 23.7 Å². The Morgan fingerprint density at radius 2 is 1.63 bits per heavy atom. The van der Waals surface area contributed by atoms with Crippen molar-refractivity contribution in [3.8, 4) is 0 Å². The van der Waals surface area contributed by atoms with Crippen LogP contribution in [0.25, 0.3) is 0 Å². The Labute approximate surface area is 115 Å². The minimum absolute atomic E-state index is 0.118. The molecule has 0 radical (unpaired) electrons. The van der Waals surface area contributed by atoms with Gasteiger partial charge in [0, 0.05) is 20.2 Å². The summed E-state index contributed by atoms with van der Waals surface area (Å²) >= 11 is 0. The molecule has 0 aliphatic carbocycles. The highest BCUT2D eigenvalue weighted by atomic mass is 16.5. The second kappa shape index (κ2) is 12.3. The number of carbonyl (C=O) groups is 1. The van der Waals surface area contributed by atoms with E-state index in [4.69, 9.17) is 14.2 Å². The number of methoxy groups -OCH3 is 2. The molecule has 0 aromatic rings. The molecule has 0 heterocycles. The Hall–Kier alpha value is -0.690. The first-order valence-corrected chi connectivity index (χ1v) is 6.52. The summed E-state index contributed by atoms with van der Waals surface area (Å²) in [5.74, 6) is -0.299. The highest BCUT2D eigenvalue weighted by Crippen LogP contribution is 2.00. The van der Waals surface area contributed by atoms with Gasteiger partial charge in [-0.15, -0.1) is 0 Å². The molecular formula is C13H27NO5. The van der Waals surface area contributed by atoms with Gasteiger partial charge in [0.15, 0.2) is 0 Å². The van der Waals surface area contributed by atoms with Crippen molar-refractivity contribution in [2.75, 3.05) is 67.4 Å². The van der Waals surface area contributed by atoms with Crippen LogP contribution in [0.2, 0.25) is 0 Å². The summed E-state index contributed by atoms with van der Waals surface area (Å²) < 4.78 is 20.2. The van der Waals surface area contributed by atoms with Gasteiger partial charge in [0.1, 0.15) is 0 Å². The van der Waals surface area contributed by atoms with Crippen molar-refractivity contribution in [3.05, 3.63) is 0 Å². The third kappa shape index (κ3) is 10.9. The quantitative estimate of drug-likeness (QED) is 0.380. The molecule has 0 bridgehead atoms. The zero-order valence-electron chi connectivity index (χ0n) is 12.5. The van der Waals surface area contributed by atoms with Crippen molar-refractivity contribution in [1.29, 1.82) is 0 Å². The number of rotatable bonds is 12. The summed E-state index contributed by atoms with van der Waals surface area (Å²) in [5, 5.41) is 0. The van der Waals surface area contributed by atoms with Crippen LogP contribution in [0, 0.1) is 5.92 Å². The van der Waals surface area contributed by atoms with Gasteiger partial charge in [-0.05, 0) is 7.05 Å². The molecular weight excluding hydrogens is 250 g/mol. The molecule has 0 aromatic carbocycles. The van der Waals surface area contributed by atoms with Crippen molar-refractivity contribution in [2.45, 2.75) is 6.92 Å². The highest BCUT2D eigenvalue weighted by molar-refractivity contribution is 5.71. The molecule has 0 amide bonds. The van der Waals surface area contributed by atoms with Gasteiger partial charge in [0.05, 0.1) is 46.1 Å². The first kappa shape index (κ1) is 18.3.